The zero-order valence-corrected chi connectivity index (χ0v) is 17.7. The van der Waals surface area contributed by atoms with Gasteiger partial charge < -0.3 is 19.1 Å². The molecule has 2 aromatic carbocycles. The highest BCUT2D eigenvalue weighted by atomic mass is 16.7. The average molecular weight is 395 g/mol. The Hall–Kier alpha value is -2.37. The largest absolute Gasteiger partial charge is 0.492 e. The molecular formula is C24H29NO4. The lowest BCUT2D eigenvalue weighted by molar-refractivity contribution is -0.256. The minimum atomic E-state index is -1.30. The predicted molar refractivity (Wildman–Crippen MR) is 112 cm³/mol. The molecule has 1 amide bonds. The van der Waals surface area contributed by atoms with Gasteiger partial charge in [-0.2, -0.15) is 0 Å². The van der Waals surface area contributed by atoms with Gasteiger partial charge in [-0.3, -0.25) is 4.79 Å². The second-order valence-corrected chi connectivity index (χ2v) is 8.72. The molecule has 0 atom stereocenters. The summed E-state index contributed by atoms with van der Waals surface area (Å²) in [5.41, 5.74) is 4.08. The second-order valence-electron chi connectivity index (χ2n) is 8.72. The van der Waals surface area contributed by atoms with Gasteiger partial charge in [-0.25, -0.2) is 0 Å². The van der Waals surface area contributed by atoms with Crippen LogP contribution in [0.4, 0.5) is 5.69 Å². The smallest absolute Gasteiger partial charge is 0.292 e. The van der Waals surface area contributed by atoms with Crippen LogP contribution in [0, 0.1) is 6.92 Å². The number of anilines is 1. The molecule has 2 heterocycles. The zero-order chi connectivity index (χ0) is 20.6. The Kier molecular flexibility index (Phi) is 5.13. The van der Waals surface area contributed by atoms with E-state index in [0.29, 0.717) is 26.4 Å². The summed E-state index contributed by atoms with van der Waals surface area (Å²) in [5.74, 6) is -0.656. The molecule has 1 saturated heterocycles. The van der Waals surface area contributed by atoms with Gasteiger partial charge in [0.1, 0.15) is 12.4 Å². The van der Waals surface area contributed by atoms with Crippen LogP contribution in [0.3, 0.4) is 0 Å². The Labute approximate surface area is 172 Å². The molecule has 0 aliphatic carbocycles. The third kappa shape index (κ3) is 3.53. The maximum Gasteiger partial charge on any atom is 0.292 e. The van der Waals surface area contributed by atoms with Crippen LogP contribution >= 0.6 is 0 Å². The molecule has 2 aliphatic rings. The van der Waals surface area contributed by atoms with E-state index in [9.17, 15) is 4.79 Å². The number of hydrogen-bond donors (Lipinski definition) is 0. The van der Waals surface area contributed by atoms with Crippen molar-refractivity contribution in [2.75, 3.05) is 31.3 Å². The summed E-state index contributed by atoms with van der Waals surface area (Å²) in [4.78, 5) is 15.1. The molecule has 2 aliphatic heterocycles. The lowest BCUT2D eigenvalue weighted by atomic mass is 9.87. The molecule has 1 spiro atoms. The van der Waals surface area contributed by atoms with Gasteiger partial charge in [-0.1, -0.05) is 51.1 Å². The SMILES string of the molecule is Cc1cccc2c1N(CCOc1ccc(C(C)(C)C)cc1)C(=O)C21OCCCO1. The fourth-order valence-corrected chi connectivity index (χ4v) is 4.01. The van der Waals surface area contributed by atoms with Crippen LogP contribution in [-0.4, -0.2) is 32.3 Å². The van der Waals surface area contributed by atoms with Gasteiger partial charge in [0.25, 0.3) is 11.7 Å². The van der Waals surface area contributed by atoms with Crippen molar-refractivity contribution in [3.63, 3.8) is 0 Å². The lowest BCUT2D eigenvalue weighted by Gasteiger charge is -2.32. The molecule has 4 rings (SSSR count). The first-order chi connectivity index (χ1) is 13.8. The van der Waals surface area contributed by atoms with Crippen molar-refractivity contribution in [1.82, 2.24) is 0 Å². The number of carbonyl (C=O) groups excluding carboxylic acids is 1. The topological polar surface area (TPSA) is 48.0 Å². The molecule has 0 radical (unpaired) electrons. The Balaban J connectivity index is 1.50. The first-order valence-corrected chi connectivity index (χ1v) is 10.3. The first-order valence-electron chi connectivity index (χ1n) is 10.3. The van der Waals surface area contributed by atoms with Gasteiger partial charge in [0.15, 0.2) is 0 Å². The van der Waals surface area contributed by atoms with Crippen molar-refractivity contribution in [3.8, 4) is 5.75 Å². The van der Waals surface area contributed by atoms with Crippen molar-refractivity contribution in [1.29, 1.82) is 0 Å². The summed E-state index contributed by atoms with van der Waals surface area (Å²) in [7, 11) is 0. The molecule has 2 aromatic rings. The first kappa shape index (κ1) is 19.9. The average Bonchev–Trinajstić information content (AvgIpc) is 2.92. The van der Waals surface area contributed by atoms with Gasteiger partial charge >= 0.3 is 0 Å². The molecule has 0 N–H and O–H groups in total. The molecular weight excluding hydrogens is 366 g/mol. The van der Waals surface area contributed by atoms with E-state index in [1.165, 1.54) is 5.56 Å². The molecule has 0 aromatic heterocycles. The van der Waals surface area contributed by atoms with Crippen LogP contribution < -0.4 is 9.64 Å². The van der Waals surface area contributed by atoms with E-state index in [-0.39, 0.29) is 11.3 Å². The van der Waals surface area contributed by atoms with E-state index in [1.54, 1.807) is 4.90 Å². The fraction of sp³-hybridized carbons (Fsp3) is 0.458. The van der Waals surface area contributed by atoms with E-state index in [0.717, 1.165) is 29.0 Å². The maximum atomic E-state index is 13.3. The number of amides is 1. The summed E-state index contributed by atoms with van der Waals surface area (Å²) in [6, 6.07) is 14.0. The van der Waals surface area contributed by atoms with Crippen LogP contribution in [-0.2, 0) is 25.5 Å². The number of carbonyl (C=O) groups is 1. The number of nitrogens with zero attached hydrogens (tertiary/aromatic N) is 1. The fourth-order valence-electron chi connectivity index (χ4n) is 4.01. The Morgan fingerprint density at radius 3 is 2.41 bits per heavy atom. The van der Waals surface area contributed by atoms with Crippen LogP contribution in [0.15, 0.2) is 42.5 Å². The Morgan fingerprint density at radius 2 is 1.76 bits per heavy atom. The third-order valence-corrected chi connectivity index (χ3v) is 5.59. The number of benzene rings is 2. The highest BCUT2D eigenvalue weighted by Crippen LogP contribution is 2.46. The monoisotopic (exact) mass is 395 g/mol. The van der Waals surface area contributed by atoms with Crippen LogP contribution in [0.5, 0.6) is 5.75 Å². The van der Waals surface area contributed by atoms with Crippen LogP contribution in [0.1, 0.15) is 43.9 Å². The molecule has 0 saturated carbocycles. The van der Waals surface area contributed by atoms with Crippen molar-refractivity contribution in [2.45, 2.75) is 45.3 Å². The van der Waals surface area contributed by atoms with Crippen molar-refractivity contribution < 1.29 is 19.0 Å². The van der Waals surface area contributed by atoms with Gasteiger partial charge in [-0.05, 0) is 42.0 Å². The minimum Gasteiger partial charge on any atom is -0.492 e. The number of rotatable bonds is 4. The summed E-state index contributed by atoms with van der Waals surface area (Å²) in [5, 5.41) is 0. The van der Waals surface area contributed by atoms with Crippen molar-refractivity contribution >= 4 is 11.6 Å². The van der Waals surface area contributed by atoms with Crippen LogP contribution in [0.2, 0.25) is 0 Å². The zero-order valence-electron chi connectivity index (χ0n) is 17.7. The van der Waals surface area contributed by atoms with Crippen molar-refractivity contribution in [3.05, 3.63) is 59.2 Å². The number of hydrogen-bond acceptors (Lipinski definition) is 4. The number of para-hydroxylation sites is 1. The molecule has 5 heteroatoms. The van der Waals surface area contributed by atoms with E-state index >= 15 is 0 Å². The molecule has 0 unspecified atom stereocenters. The van der Waals surface area contributed by atoms with Gasteiger partial charge in [0.05, 0.1) is 25.4 Å². The van der Waals surface area contributed by atoms with Crippen LogP contribution in [0.25, 0.3) is 0 Å². The van der Waals surface area contributed by atoms with E-state index in [2.05, 4.69) is 32.9 Å². The highest BCUT2D eigenvalue weighted by molar-refractivity contribution is 6.06. The van der Waals surface area contributed by atoms with E-state index < -0.39 is 5.79 Å². The summed E-state index contributed by atoms with van der Waals surface area (Å²) in [6.07, 6.45) is 0.795. The Morgan fingerprint density at radius 1 is 1.07 bits per heavy atom. The standard InChI is InChI=1S/C24H29NO4/c1-17-7-5-8-20-21(17)25(22(26)24(20)28-14-6-15-29-24)13-16-27-19-11-9-18(10-12-19)23(2,3)4/h5,7-12H,6,13-16H2,1-4H3. The lowest BCUT2D eigenvalue weighted by Crippen LogP contribution is -2.48. The minimum absolute atomic E-state index is 0.107. The number of fused-ring (bicyclic) bond motifs is 2. The van der Waals surface area contributed by atoms with E-state index in [4.69, 9.17) is 14.2 Å². The second kappa shape index (κ2) is 7.47. The quantitative estimate of drug-likeness (QED) is 0.774. The maximum absolute atomic E-state index is 13.3. The molecule has 29 heavy (non-hydrogen) atoms. The van der Waals surface area contributed by atoms with E-state index in [1.807, 2.05) is 37.3 Å². The molecule has 1 fully saturated rings. The van der Waals surface area contributed by atoms with Gasteiger partial charge in [-0.15, -0.1) is 0 Å². The molecule has 154 valence electrons. The normalized spacial score (nSPS) is 18.2. The van der Waals surface area contributed by atoms with Gasteiger partial charge in [0.2, 0.25) is 0 Å². The number of ether oxygens (including phenoxy) is 3. The van der Waals surface area contributed by atoms with Gasteiger partial charge in [0, 0.05) is 5.56 Å². The third-order valence-electron chi connectivity index (χ3n) is 5.59. The summed E-state index contributed by atoms with van der Waals surface area (Å²) < 4.78 is 17.8. The predicted octanol–water partition coefficient (Wildman–Crippen LogP) is 4.31. The van der Waals surface area contributed by atoms with Crippen molar-refractivity contribution in [2.24, 2.45) is 0 Å². The molecule has 0 bridgehead atoms. The highest BCUT2D eigenvalue weighted by Gasteiger charge is 2.55. The Bertz CT molecular complexity index is 892. The molecule has 5 nitrogen and oxygen atoms in total. The number of aryl methyl sites for hydroxylation is 1. The summed E-state index contributed by atoms with van der Waals surface area (Å²) >= 11 is 0. The summed E-state index contributed by atoms with van der Waals surface area (Å²) in [6.45, 7) is 10.4.